The first-order chi connectivity index (χ1) is 9.36. The Balaban J connectivity index is 2.48. The molecule has 1 fully saturated rings. The topological polar surface area (TPSA) is 66.8 Å². The highest BCUT2D eigenvalue weighted by molar-refractivity contribution is 9.10. The minimum Gasteiger partial charge on any atom is -0.494 e. The zero-order valence-corrected chi connectivity index (χ0v) is 14.0. The molecule has 1 N–H and O–H groups in total. The van der Waals surface area contributed by atoms with E-state index in [1.165, 1.54) is 17.5 Å². The van der Waals surface area contributed by atoms with E-state index in [-0.39, 0.29) is 17.2 Å². The van der Waals surface area contributed by atoms with Gasteiger partial charge in [0.2, 0.25) is 10.0 Å². The van der Waals surface area contributed by atoms with Crippen LogP contribution in [0.1, 0.15) is 12.8 Å². The molecule has 1 heterocycles. The Kier molecular flexibility index (Phi) is 4.96. The molecule has 5 nitrogen and oxygen atoms in total. The van der Waals surface area contributed by atoms with Crippen molar-refractivity contribution in [2.45, 2.75) is 23.8 Å². The number of rotatable bonds is 3. The van der Waals surface area contributed by atoms with Crippen molar-refractivity contribution in [2.24, 2.45) is 0 Å². The van der Waals surface area contributed by atoms with Gasteiger partial charge in [-0.05, 0) is 40.9 Å². The lowest BCUT2D eigenvalue weighted by Crippen LogP contribution is -2.42. The van der Waals surface area contributed by atoms with E-state index in [0.717, 1.165) is 0 Å². The van der Waals surface area contributed by atoms with Crippen LogP contribution in [0.4, 0.5) is 0 Å². The predicted octanol–water partition coefficient (Wildman–Crippen LogP) is 2.26. The molecule has 0 unspecified atom stereocenters. The van der Waals surface area contributed by atoms with Crippen molar-refractivity contribution in [1.29, 1.82) is 0 Å². The van der Waals surface area contributed by atoms with Crippen molar-refractivity contribution in [2.75, 3.05) is 20.2 Å². The van der Waals surface area contributed by atoms with E-state index in [9.17, 15) is 13.5 Å². The Morgan fingerprint density at radius 3 is 2.80 bits per heavy atom. The van der Waals surface area contributed by atoms with Crippen LogP contribution < -0.4 is 4.74 Å². The number of halogens is 2. The second-order valence-corrected chi connectivity index (χ2v) is 7.78. The summed E-state index contributed by atoms with van der Waals surface area (Å²) in [6, 6.07) is 2.94. The van der Waals surface area contributed by atoms with Gasteiger partial charge in [0, 0.05) is 18.1 Å². The Hall–Kier alpha value is -0.340. The Labute approximate surface area is 131 Å². The fourth-order valence-corrected chi connectivity index (χ4v) is 5.09. The molecule has 0 bridgehead atoms. The van der Waals surface area contributed by atoms with E-state index in [4.69, 9.17) is 16.3 Å². The number of hydrogen-bond donors (Lipinski definition) is 1. The lowest BCUT2D eigenvalue weighted by molar-refractivity contribution is 0.108. The summed E-state index contributed by atoms with van der Waals surface area (Å²) in [6.07, 6.45) is 0.611. The zero-order chi connectivity index (χ0) is 14.9. The van der Waals surface area contributed by atoms with Gasteiger partial charge in [0.25, 0.3) is 0 Å². The molecule has 0 aliphatic carbocycles. The fourth-order valence-electron chi connectivity index (χ4n) is 2.20. The van der Waals surface area contributed by atoms with Gasteiger partial charge >= 0.3 is 0 Å². The van der Waals surface area contributed by atoms with Gasteiger partial charge < -0.3 is 9.84 Å². The monoisotopic (exact) mass is 383 g/mol. The highest BCUT2D eigenvalue weighted by atomic mass is 79.9. The van der Waals surface area contributed by atoms with E-state index in [2.05, 4.69) is 15.9 Å². The Morgan fingerprint density at radius 1 is 1.50 bits per heavy atom. The number of aliphatic hydroxyl groups excluding tert-OH is 1. The molecule has 20 heavy (non-hydrogen) atoms. The maximum absolute atomic E-state index is 12.7. The van der Waals surface area contributed by atoms with Crippen LogP contribution in [-0.4, -0.2) is 44.1 Å². The number of ether oxygens (including phenoxy) is 1. The van der Waals surface area contributed by atoms with Gasteiger partial charge in [-0.2, -0.15) is 4.31 Å². The molecule has 0 spiro atoms. The zero-order valence-electron chi connectivity index (χ0n) is 10.8. The molecule has 0 saturated carbocycles. The molecule has 1 atom stereocenters. The van der Waals surface area contributed by atoms with E-state index in [1.54, 1.807) is 6.07 Å². The van der Waals surface area contributed by atoms with Crippen LogP contribution in [0.2, 0.25) is 5.02 Å². The number of aliphatic hydroxyl groups is 1. The predicted molar refractivity (Wildman–Crippen MR) is 79.7 cm³/mol. The highest BCUT2D eigenvalue weighted by Gasteiger charge is 2.32. The number of benzene rings is 1. The Bertz CT molecular complexity index is 608. The van der Waals surface area contributed by atoms with Gasteiger partial charge in [-0.25, -0.2) is 8.42 Å². The van der Waals surface area contributed by atoms with Gasteiger partial charge in [-0.15, -0.1) is 0 Å². The molecule has 1 aliphatic heterocycles. The van der Waals surface area contributed by atoms with Gasteiger partial charge in [0.1, 0.15) is 4.90 Å². The molecule has 1 aliphatic rings. The summed E-state index contributed by atoms with van der Waals surface area (Å²) in [7, 11) is -2.35. The van der Waals surface area contributed by atoms with Crippen LogP contribution in [0.25, 0.3) is 0 Å². The summed E-state index contributed by atoms with van der Waals surface area (Å²) in [5.41, 5.74) is 0. The SMILES string of the molecule is COc1c(Br)cc(Cl)cc1S(=O)(=O)N1CCC[C@H](O)C1. The van der Waals surface area contributed by atoms with Crippen molar-refractivity contribution >= 4 is 37.6 Å². The molecule has 112 valence electrons. The van der Waals surface area contributed by atoms with Gasteiger partial charge in [-0.1, -0.05) is 11.6 Å². The average Bonchev–Trinajstić information content (AvgIpc) is 2.38. The van der Waals surface area contributed by atoms with Crippen LogP contribution in [-0.2, 0) is 10.0 Å². The van der Waals surface area contributed by atoms with Crippen LogP contribution >= 0.6 is 27.5 Å². The van der Waals surface area contributed by atoms with Crippen molar-refractivity contribution in [1.82, 2.24) is 4.31 Å². The van der Waals surface area contributed by atoms with Crippen molar-refractivity contribution < 1.29 is 18.3 Å². The third-order valence-corrected chi connectivity index (χ3v) is 5.83. The number of nitrogens with zero attached hydrogens (tertiary/aromatic N) is 1. The first-order valence-electron chi connectivity index (χ1n) is 6.07. The second kappa shape index (κ2) is 6.19. The molecule has 1 saturated heterocycles. The Morgan fingerprint density at radius 2 is 2.20 bits per heavy atom. The van der Waals surface area contributed by atoms with E-state index < -0.39 is 16.1 Å². The van der Waals surface area contributed by atoms with Crippen LogP contribution in [0.3, 0.4) is 0 Å². The average molecular weight is 385 g/mol. The van der Waals surface area contributed by atoms with E-state index in [1.807, 2.05) is 0 Å². The molecule has 1 aromatic carbocycles. The number of sulfonamides is 1. The largest absolute Gasteiger partial charge is 0.494 e. The smallest absolute Gasteiger partial charge is 0.246 e. The number of methoxy groups -OCH3 is 1. The van der Waals surface area contributed by atoms with Crippen LogP contribution in [0.15, 0.2) is 21.5 Å². The summed E-state index contributed by atoms with van der Waals surface area (Å²) >= 11 is 9.18. The summed E-state index contributed by atoms with van der Waals surface area (Å²) in [5.74, 6) is 0.217. The number of hydrogen-bond acceptors (Lipinski definition) is 4. The summed E-state index contributed by atoms with van der Waals surface area (Å²) < 4.78 is 32.2. The number of β-amino-alcohol motifs (C(OH)–C–C–N with tert-alkyl or cyclic N) is 1. The van der Waals surface area contributed by atoms with Gasteiger partial charge in [0.15, 0.2) is 5.75 Å². The lowest BCUT2D eigenvalue weighted by Gasteiger charge is -2.29. The van der Waals surface area contributed by atoms with Gasteiger partial charge in [-0.3, -0.25) is 0 Å². The quantitative estimate of drug-likeness (QED) is 0.868. The molecular weight excluding hydrogens is 370 g/mol. The minimum atomic E-state index is -3.75. The molecular formula is C12H15BrClNO4S. The lowest BCUT2D eigenvalue weighted by atomic mass is 10.1. The van der Waals surface area contributed by atoms with Crippen molar-refractivity contribution in [3.05, 3.63) is 21.6 Å². The number of piperidine rings is 1. The highest BCUT2D eigenvalue weighted by Crippen LogP contribution is 2.37. The maximum atomic E-state index is 12.7. The third-order valence-electron chi connectivity index (χ3n) is 3.16. The molecule has 1 aromatic rings. The fraction of sp³-hybridized carbons (Fsp3) is 0.500. The summed E-state index contributed by atoms with van der Waals surface area (Å²) in [4.78, 5) is 0.00785. The maximum Gasteiger partial charge on any atom is 0.246 e. The standard InChI is InChI=1S/C12H15BrClNO4S/c1-19-12-10(13)5-8(14)6-11(12)20(17,18)15-4-2-3-9(16)7-15/h5-6,9,16H,2-4,7H2,1H3/t9-/m0/s1. The molecule has 0 radical (unpaired) electrons. The summed E-state index contributed by atoms with van der Waals surface area (Å²) in [6.45, 7) is 0.475. The normalized spacial score (nSPS) is 20.9. The summed E-state index contributed by atoms with van der Waals surface area (Å²) in [5, 5.41) is 9.95. The van der Waals surface area contributed by atoms with Crippen LogP contribution in [0.5, 0.6) is 5.75 Å². The minimum absolute atomic E-state index is 0.00785. The van der Waals surface area contributed by atoms with Crippen molar-refractivity contribution in [3.8, 4) is 5.75 Å². The molecule has 8 heteroatoms. The molecule has 0 aromatic heterocycles. The van der Waals surface area contributed by atoms with Crippen molar-refractivity contribution in [3.63, 3.8) is 0 Å². The first-order valence-corrected chi connectivity index (χ1v) is 8.68. The van der Waals surface area contributed by atoms with E-state index in [0.29, 0.717) is 28.9 Å². The molecule has 0 amide bonds. The third kappa shape index (κ3) is 3.12. The van der Waals surface area contributed by atoms with Crippen LogP contribution in [0, 0.1) is 0 Å². The first kappa shape index (κ1) is 16.0. The van der Waals surface area contributed by atoms with Gasteiger partial charge in [0.05, 0.1) is 17.7 Å². The van der Waals surface area contributed by atoms with E-state index >= 15 is 0 Å². The second-order valence-electron chi connectivity index (χ2n) is 4.58. The molecule has 2 rings (SSSR count).